The van der Waals surface area contributed by atoms with Crippen LogP contribution in [0.25, 0.3) is 0 Å². The summed E-state index contributed by atoms with van der Waals surface area (Å²) in [6.45, 7) is 0. The van der Waals surface area contributed by atoms with Gasteiger partial charge in [0.15, 0.2) is 0 Å². The van der Waals surface area contributed by atoms with E-state index in [9.17, 15) is 14.4 Å². The molecule has 2 fully saturated rings. The predicted octanol–water partition coefficient (Wildman–Crippen LogP) is 1.78. The second-order valence-electron chi connectivity index (χ2n) is 6.05. The molecule has 1 heterocycles. The van der Waals surface area contributed by atoms with Crippen molar-refractivity contribution < 1.29 is 19.1 Å². The summed E-state index contributed by atoms with van der Waals surface area (Å²) in [5.41, 5.74) is 0.920. The zero-order valence-electron chi connectivity index (χ0n) is 12.1. The van der Waals surface area contributed by atoms with Crippen LogP contribution in [0.3, 0.4) is 0 Å². The molecule has 2 amide bonds. The van der Waals surface area contributed by atoms with Gasteiger partial charge in [-0.25, -0.2) is 4.79 Å². The number of carbonyl (C=O) groups excluding carboxylic acids is 3. The minimum Gasteiger partial charge on any atom is -0.465 e. The Labute approximate surface area is 127 Å². The van der Waals surface area contributed by atoms with E-state index >= 15 is 0 Å². The Balaban J connectivity index is 1.65. The van der Waals surface area contributed by atoms with Crippen molar-refractivity contribution in [1.29, 1.82) is 0 Å². The second-order valence-corrected chi connectivity index (χ2v) is 6.05. The van der Waals surface area contributed by atoms with E-state index in [1.165, 1.54) is 12.0 Å². The summed E-state index contributed by atoms with van der Waals surface area (Å²) in [6.07, 6.45) is 5.06. The quantitative estimate of drug-likeness (QED) is 0.474. The van der Waals surface area contributed by atoms with Gasteiger partial charge in [0.25, 0.3) is 0 Å². The van der Waals surface area contributed by atoms with Crippen LogP contribution in [0.4, 0.5) is 5.69 Å². The monoisotopic (exact) mass is 297 g/mol. The molecule has 0 unspecified atom stereocenters. The van der Waals surface area contributed by atoms with E-state index in [4.69, 9.17) is 0 Å². The third-order valence-corrected chi connectivity index (χ3v) is 5.02. The smallest absolute Gasteiger partial charge is 0.337 e. The predicted molar refractivity (Wildman–Crippen MR) is 78.0 cm³/mol. The van der Waals surface area contributed by atoms with Crippen LogP contribution in [0.2, 0.25) is 0 Å². The molecule has 22 heavy (non-hydrogen) atoms. The molecule has 2 aliphatic carbocycles. The average molecular weight is 297 g/mol. The third-order valence-electron chi connectivity index (χ3n) is 5.02. The van der Waals surface area contributed by atoms with Gasteiger partial charge in [-0.3, -0.25) is 14.5 Å². The zero-order valence-corrected chi connectivity index (χ0v) is 12.1. The molecule has 3 aliphatic rings. The summed E-state index contributed by atoms with van der Waals surface area (Å²) in [5, 5.41) is 0. The fraction of sp³-hybridized carbons (Fsp3) is 0.353. The highest BCUT2D eigenvalue weighted by atomic mass is 16.5. The fourth-order valence-corrected chi connectivity index (χ4v) is 4.02. The molecule has 5 nitrogen and oxygen atoms in total. The third kappa shape index (κ3) is 1.62. The van der Waals surface area contributed by atoms with Crippen molar-refractivity contribution in [2.75, 3.05) is 12.0 Å². The van der Waals surface area contributed by atoms with Crippen molar-refractivity contribution in [2.45, 2.75) is 6.42 Å². The van der Waals surface area contributed by atoms with E-state index in [2.05, 4.69) is 16.9 Å². The van der Waals surface area contributed by atoms with E-state index in [1.54, 1.807) is 24.3 Å². The van der Waals surface area contributed by atoms with Crippen LogP contribution in [-0.4, -0.2) is 24.9 Å². The fourth-order valence-electron chi connectivity index (χ4n) is 4.02. The van der Waals surface area contributed by atoms with E-state index in [1.807, 2.05) is 0 Å². The molecule has 0 N–H and O–H groups in total. The van der Waals surface area contributed by atoms with Gasteiger partial charge in [-0.15, -0.1) is 0 Å². The number of hydrogen-bond acceptors (Lipinski definition) is 4. The number of methoxy groups -OCH3 is 1. The van der Waals surface area contributed by atoms with Crippen molar-refractivity contribution in [2.24, 2.45) is 23.7 Å². The van der Waals surface area contributed by atoms with Crippen LogP contribution in [0.1, 0.15) is 16.8 Å². The minimum atomic E-state index is -0.440. The maximum Gasteiger partial charge on any atom is 0.337 e. The van der Waals surface area contributed by atoms with E-state index in [-0.39, 0.29) is 35.5 Å². The molecular weight excluding hydrogens is 282 g/mol. The molecule has 1 saturated heterocycles. The first kappa shape index (κ1) is 13.2. The number of anilines is 1. The maximum absolute atomic E-state index is 12.6. The molecule has 2 bridgehead atoms. The van der Waals surface area contributed by atoms with Crippen LogP contribution >= 0.6 is 0 Å². The highest BCUT2D eigenvalue weighted by Crippen LogP contribution is 2.53. The number of carbonyl (C=O) groups is 3. The summed E-state index contributed by atoms with van der Waals surface area (Å²) in [7, 11) is 1.31. The molecular formula is C17H15NO4. The maximum atomic E-state index is 12.6. The highest BCUT2D eigenvalue weighted by molar-refractivity contribution is 6.22. The molecule has 5 heteroatoms. The lowest BCUT2D eigenvalue weighted by Crippen LogP contribution is -2.32. The molecule has 4 rings (SSSR count). The van der Waals surface area contributed by atoms with E-state index < -0.39 is 5.97 Å². The van der Waals surface area contributed by atoms with Gasteiger partial charge in [-0.1, -0.05) is 12.2 Å². The molecule has 0 aromatic heterocycles. The molecule has 1 aromatic rings. The second kappa shape index (κ2) is 4.53. The number of fused-ring (bicyclic) bond motifs is 5. The summed E-state index contributed by atoms with van der Waals surface area (Å²) in [6, 6.07) is 6.39. The summed E-state index contributed by atoms with van der Waals surface area (Å²) in [4.78, 5) is 38.0. The van der Waals surface area contributed by atoms with Crippen LogP contribution in [-0.2, 0) is 14.3 Å². The number of nitrogens with zero attached hydrogens (tertiary/aromatic N) is 1. The lowest BCUT2D eigenvalue weighted by atomic mass is 9.85. The van der Waals surface area contributed by atoms with Gasteiger partial charge in [0.2, 0.25) is 11.8 Å². The summed E-state index contributed by atoms with van der Waals surface area (Å²) >= 11 is 0. The van der Waals surface area contributed by atoms with Crippen molar-refractivity contribution in [3.05, 3.63) is 42.0 Å². The van der Waals surface area contributed by atoms with Crippen LogP contribution in [0.15, 0.2) is 36.4 Å². The van der Waals surface area contributed by atoms with Crippen molar-refractivity contribution in [1.82, 2.24) is 0 Å². The molecule has 1 aliphatic heterocycles. The van der Waals surface area contributed by atoms with Gasteiger partial charge in [-0.2, -0.15) is 0 Å². The average Bonchev–Trinajstić information content (AvgIpc) is 3.21. The first-order valence-corrected chi connectivity index (χ1v) is 7.36. The molecule has 0 spiro atoms. The Hall–Kier alpha value is -2.43. The number of ether oxygens (including phenoxy) is 1. The van der Waals surface area contributed by atoms with E-state index in [0.29, 0.717) is 11.3 Å². The van der Waals surface area contributed by atoms with Crippen molar-refractivity contribution in [3.63, 3.8) is 0 Å². The zero-order chi connectivity index (χ0) is 15.4. The number of amides is 2. The van der Waals surface area contributed by atoms with Gasteiger partial charge >= 0.3 is 5.97 Å². The molecule has 4 atom stereocenters. The highest BCUT2D eigenvalue weighted by Gasteiger charge is 2.59. The van der Waals surface area contributed by atoms with Crippen molar-refractivity contribution in [3.8, 4) is 0 Å². The molecule has 1 saturated carbocycles. The Bertz CT molecular complexity index is 676. The lowest BCUT2D eigenvalue weighted by molar-refractivity contribution is -0.123. The molecule has 112 valence electrons. The minimum absolute atomic E-state index is 0.113. The largest absolute Gasteiger partial charge is 0.465 e. The van der Waals surface area contributed by atoms with Crippen LogP contribution in [0.5, 0.6) is 0 Å². The van der Waals surface area contributed by atoms with Gasteiger partial charge in [0.05, 0.1) is 30.2 Å². The van der Waals surface area contributed by atoms with E-state index in [0.717, 1.165) is 6.42 Å². The van der Waals surface area contributed by atoms with Gasteiger partial charge in [0.1, 0.15) is 0 Å². The van der Waals surface area contributed by atoms with Gasteiger partial charge in [-0.05, 0) is 42.5 Å². The number of rotatable bonds is 2. The standard InChI is InChI=1S/C17H15NO4/c1-22-17(21)9-4-6-12(7-5-9)18-15(19)13-10-2-3-11(8-10)14(13)16(18)20/h2-7,10-11,13-14H,8H2,1H3/t10-,11-,13-,14+/m0/s1. The topological polar surface area (TPSA) is 63.7 Å². The van der Waals surface area contributed by atoms with Gasteiger partial charge < -0.3 is 4.74 Å². The van der Waals surface area contributed by atoms with Gasteiger partial charge in [0, 0.05) is 0 Å². The van der Waals surface area contributed by atoms with Crippen LogP contribution in [0, 0.1) is 23.7 Å². The number of hydrogen-bond donors (Lipinski definition) is 0. The number of allylic oxidation sites excluding steroid dienone is 2. The number of esters is 1. The normalized spacial score (nSPS) is 31.8. The Morgan fingerprint density at radius 3 is 2.09 bits per heavy atom. The number of benzene rings is 1. The summed E-state index contributed by atoms with van der Waals surface area (Å²) < 4.78 is 4.65. The Morgan fingerprint density at radius 1 is 1.05 bits per heavy atom. The molecule has 1 aromatic carbocycles. The van der Waals surface area contributed by atoms with Crippen molar-refractivity contribution >= 4 is 23.5 Å². The first-order chi connectivity index (χ1) is 10.6. The van der Waals surface area contributed by atoms with Crippen LogP contribution < -0.4 is 4.90 Å². The Kier molecular flexibility index (Phi) is 2.73. The molecule has 0 radical (unpaired) electrons. The first-order valence-electron chi connectivity index (χ1n) is 7.36. The summed E-state index contributed by atoms with van der Waals surface area (Å²) in [5.74, 6) is -0.678. The lowest BCUT2D eigenvalue weighted by Gasteiger charge is -2.17. The Morgan fingerprint density at radius 2 is 1.59 bits per heavy atom. The SMILES string of the molecule is COC(=O)c1ccc(N2C(=O)[C@@H]3[C@H](C2=O)[C@H]2C=C[C@H]3C2)cc1. The number of imide groups is 1.